The van der Waals surface area contributed by atoms with E-state index in [9.17, 15) is 23.2 Å². The van der Waals surface area contributed by atoms with E-state index in [1.165, 1.54) is 12.3 Å². The molecule has 0 radical (unpaired) electrons. The van der Waals surface area contributed by atoms with Crippen molar-refractivity contribution in [2.45, 2.75) is 37.9 Å². The molecule has 26 heavy (non-hydrogen) atoms. The van der Waals surface area contributed by atoms with Crippen molar-refractivity contribution in [2.75, 3.05) is 19.8 Å². The molecule has 1 amide bonds. The standard InChI is InChI=1S/C17H18F3N3O3/c1-16(7-25-8-16)14(5-21)23-15(24)12-4-13(26-9-17(18,19)20)11(6-22-12)10-2-3-10/h4,6,10,14H,2-3,7-9H2,1H3,(H,23,24)/t14-/m0/s1. The quantitative estimate of drug-likeness (QED) is 0.833. The van der Waals surface area contributed by atoms with Gasteiger partial charge in [-0.3, -0.25) is 9.78 Å². The number of halogens is 3. The Morgan fingerprint density at radius 3 is 2.73 bits per heavy atom. The maximum atomic E-state index is 12.5. The first-order chi connectivity index (χ1) is 12.2. The Bertz CT molecular complexity index is 737. The SMILES string of the molecule is CC1([C@H](C#N)NC(=O)c2cc(OCC(F)(F)F)c(C3CC3)cn2)COC1. The van der Waals surface area contributed by atoms with Crippen molar-refractivity contribution < 1.29 is 27.4 Å². The molecule has 2 heterocycles. The third-order valence-electron chi connectivity index (χ3n) is 4.50. The van der Waals surface area contributed by atoms with Crippen LogP contribution >= 0.6 is 0 Å². The highest BCUT2D eigenvalue weighted by Crippen LogP contribution is 2.44. The van der Waals surface area contributed by atoms with Crippen molar-refractivity contribution in [3.8, 4) is 11.8 Å². The van der Waals surface area contributed by atoms with Crippen molar-refractivity contribution in [1.82, 2.24) is 10.3 Å². The van der Waals surface area contributed by atoms with E-state index in [0.717, 1.165) is 12.8 Å². The zero-order valence-electron chi connectivity index (χ0n) is 14.1. The molecule has 140 valence electrons. The number of carbonyl (C=O) groups excluding carboxylic acids is 1. The van der Waals surface area contributed by atoms with Crippen LogP contribution in [0.1, 0.15) is 41.7 Å². The minimum absolute atomic E-state index is 0.0108. The topological polar surface area (TPSA) is 84.2 Å². The highest BCUT2D eigenvalue weighted by atomic mass is 19.4. The predicted octanol–water partition coefficient (Wildman–Crippen LogP) is 2.56. The van der Waals surface area contributed by atoms with Gasteiger partial charge in [0, 0.05) is 23.2 Å². The van der Waals surface area contributed by atoms with Crippen molar-refractivity contribution in [1.29, 1.82) is 5.26 Å². The van der Waals surface area contributed by atoms with E-state index in [0.29, 0.717) is 18.8 Å². The normalized spacial score (nSPS) is 19.8. The van der Waals surface area contributed by atoms with Crippen molar-refractivity contribution >= 4 is 5.91 Å². The second-order valence-corrected chi connectivity index (χ2v) is 6.97. The average molecular weight is 369 g/mol. The number of hydrogen-bond acceptors (Lipinski definition) is 5. The summed E-state index contributed by atoms with van der Waals surface area (Å²) >= 11 is 0. The molecule has 3 rings (SSSR count). The highest BCUT2D eigenvalue weighted by Gasteiger charge is 2.43. The van der Waals surface area contributed by atoms with Crippen molar-refractivity contribution in [2.24, 2.45) is 5.41 Å². The second-order valence-electron chi connectivity index (χ2n) is 6.97. The van der Waals surface area contributed by atoms with Gasteiger partial charge in [-0.1, -0.05) is 6.92 Å². The van der Waals surface area contributed by atoms with Crippen LogP contribution in [-0.4, -0.2) is 42.9 Å². The monoisotopic (exact) mass is 369 g/mol. The van der Waals surface area contributed by atoms with Crippen LogP contribution in [0, 0.1) is 16.7 Å². The molecule has 0 spiro atoms. The largest absolute Gasteiger partial charge is 0.484 e. The number of carbonyl (C=O) groups is 1. The van der Waals surface area contributed by atoms with E-state index < -0.39 is 30.1 Å². The maximum absolute atomic E-state index is 12.5. The zero-order valence-corrected chi connectivity index (χ0v) is 14.1. The molecule has 1 saturated carbocycles. The lowest BCUT2D eigenvalue weighted by atomic mass is 9.81. The number of nitrogens with zero attached hydrogens (tertiary/aromatic N) is 2. The molecule has 0 unspecified atom stereocenters. The van der Waals surface area contributed by atoms with Crippen molar-refractivity contribution in [3.05, 3.63) is 23.5 Å². The molecule has 1 N–H and O–H groups in total. The Balaban J connectivity index is 1.76. The van der Waals surface area contributed by atoms with Gasteiger partial charge in [-0.25, -0.2) is 0 Å². The third kappa shape index (κ3) is 4.07. The van der Waals surface area contributed by atoms with Crippen LogP contribution in [0.15, 0.2) is 12.3 Å². The summed E-state index contributed by atoms with van der Waals surface area (Å²) in [5, 5.41) is 11.9. The Hall–Kier alpha value is -2.34. The van der Waals surface area contributed by atoms with Gasteiger partial charge in [-0.15, -0.1) is 0 Å². The summed E-state index contributed by atoms with van der Waals surface area (Å²) in [6, 6.07) is 2.45. The molecule has 1 aromatic rings. The van der Waals surface area contributed by atoms with E-state index in [4.69, 9.17) is 9.47 Å². The molecule has 1 aliphatic carbocycles. The molecular formula is C17H18F3N3O3. The van der Waals surface area contributed by atoms with Gasteiger partial charge in [-0.05, 0) is 18.8 Å². The van der Waals surface area contributed by atoms with E-state index in [1.807, 2.05) is 13.0 Å². The fraction of sp³-hybridized carbons (Fsp3) is 0.588. The Labute approximate surface area is 148 Å². The summed E-state index contributed by atoms with van der Waals surface area (Å²) in [5.74, 6) is -0.513. The van der Waals surface area contributed by atoms with Gasteiger partial charge >= 0.3 is 6.18 Å². The number of ether oxygens (including phenoxy) is 2. The van der Waals surface area contributed by atoms with Crippen LogP contribution in [0.4, 0.5) is 13.2 Å². The van der Waals surface area contributed by atoms with Gasteiger partial charge in [0.2, 0.25) is 0 Å². The fourth-order valence-corrected chi connectivity index (χ4v) is 2.72. The lowest BCUT2D eigenvalue weighted by Gasteiger charge is -2.41. The first kappa shape index (κ1) is 18.5. The second kappa shape index (κ2) is 6.76. The van der Waals surface area contributed by atoms with Crippen LogP contribution in [0.2, 0.25) is 0 Å². The lowest BCUT2D eigenvalue weighted by Crippen LogP contribution is -2.55. The molecule has 1 atom stereocenters. The summed E-state index contributed by atoms with van der Waals surface area (Å²) in [7, 11) is 0. The molecule has 0 bridgehead atoms. The Kier molecular flexibility index (Phi) is 4.80. The van der Waals surface area contributed by atoms with Gasteiger partial charge in [0.1, 0.15) is 17.5 Å². The fourth-order valence-electron chi connectivity index (χ4n) is 2.72. The number of pyridine rings is 1. The number of nitriles is 1. The van der Waals surface area contributed by atoms with Gasteiger partial charge in [0.15, 0.2) is 6.61 Å². The third-order valence-corrected chi connectivity index (χ3v) is 4.50. The lowest BCUT2D eigenvalue weighted by molar-refractivity contribution is -0.153. The molecule has 6 nitrogen and oxygen atoms in total. The van der Waals surface area contributed by atoms with Gasteiger partial charge < -0.3 is 14.8 Å². The van der Waals surface area contributed by atoms with Crippen LogP contribution < -0.4 is 10.1 Å². The molecule has 2 aliphatic rings. The average Bonchev–Trinajstić information content (AvgIpc) is 3.39. The molecule has 1 aromatic heterocycles. The molecular weight excluding hydrogens is 351 g/mol. The minimum atomic E-state index is -4.47. The zero-order chi connectivity index (χ0) is 18.9. The minimum Gasteiger partial charge on any atom is -0.484 e. The number of nitrogens with one attached hydrogen (secondary N) is 1. The smallest absolute Gasteiger partial charge is 0.422 e. The molecule has 1 aliphatic heterocycles. The summed E-state index contributed by atoms with van der Waals surface area (Å²) in [5.41, 5.74) is -0.00815. The number of alkyl halides is 3. The summed E-state index contributed by atoms with van der Waals surface area (Å²) in [6.45, 7) is 1.07. The first-order valence-corrected chi connectivity index (χ1v) is 8.19. The van der Waals surface area contributed by atoms with E-state index in [2.05, 4.69) is 10.3 Å². The van der Waals surface area contributed by atoms with E-state index in [1.54, 1.807) is 0 Å². The van der Waals surface area contributed by atoms with Gasteiger partial charge in [-0.2, -0.15) is 18.4 Å². The number of rotatable bonds is 6. The Morgan fingerprint density at radius 2 is 2.23 bits per heavy atom. The number of hydrogen-bond donors (Lipinski definition) is 1. The Morgan fingerprint density at radius 1 is 1.54 bits per heavy atom. The van der Waals surface area contributed by atoms with Gasteiger partial charge in [0.25, 0.3) is 5.91 Å². The van der Waals surface area contributed by atoms with Crippen LogP contribution in [-0.2, 0) is 4.74 Å². The summed E-state index contributed by atoms with van der Waals surface area (Å²) < 4.78 is 47.4. The van der Waals surface area contributed by atoms with E-state index in [-0.39, 0.29) is 17.4 Å². The first-order valence-electron chi connectivity index (χ1n) is 8.19. The molecule has 9 heteroatoms. The van der Waals surface area contributed by atoms with Crippen LogP contribution in [0.3, 0.4) is 0 Å². The summed E-state index contributed by atoms with van der Waals surface area (Å²) in [6.07, 6.45) is -1.39. The molecule has 2 fully saturated rings. The van der Waals surface area contributed by atoms with E-state index >= 15 is 0 Å². The maximum Gasteiger partial charge on any atom is 0.422 e. The predicted molar refractivity (Wildman–Crippen MR) is 83.6 cm³/mol. The van der Waals surface area contributed by atoms with Crippen LogP contribution in [0.5, 0.6) is 5.75 Å². The van der Waals surface area contributed by atoms with Crippen LogP contribution in [0.25, 0.3) is 0 Å². The number of aromatic nitrogens is 1. The molecule has 0 aromatic carbocycles. The molecule has 1 saturated heterocycles. The highest BCUT2D eigenvalue weighted by molar-refractivity contribution is 5.93. The summed E-state index contributed by atoms with van der Waals surface area (Å²) in [4.78, 5) is 16.5. The van der Waals surface area contributed by atoms with Gasteiger partial charge in [0.05, 0.1) is 19.3 Å². The van der Waals surface area contributed by atoms with Crippen molar-refractivity contribution in [3.63, 3.8) is 0 Å². The number of amides is 1.